The Hall–Kier alpha value is -3.75. The summed E-state index contributed by atoms with van der Waals surface area (Å²) < 4.78 is 125. The molecule has 0 aliphatic rings. The third-order valence-corrected chi connectivity index (χ3v) is 5.17. The van der Waals surface area contributed by atoms with Crippen molar-refractivity contribution in [1.82, 2.24) is 9.55 Å². The lowest BCUT2D eigenvalue weighted by Gasteiger charge is -2.20. The maximum Gasteiger partial charge on any atom is 0.435 e. The first-order valence-corrected chi connectivity index (χ1v) is 10.6. The molecule has 16 heteroatoms. The fourth-order valence-electron chi connectivity index (χ4n) is 3.16. The fourth-order valence-corrected chi connectivity index (χ4v) is 3.39. The molecule has 3 rings (SSSR count). The van der Waals surface area contributed by atoms with Crippen LogP contribution in [0.4, 0.5) is 51.1 Å². The molecule has 0 aliphatic carbocycles. The van der Waals surface area contributed by atoms with Crippen molar-refractivity contribution in [3.8, 4) is 5.69 Å². The smallest absolute Gasteiger partial charge is 0.435 e. The average molecular weight is 574 g/mol. The van der Waals surface area contributed by atoms with E-state index in [0.29, 0.717) is 10.6 Å². The van der Waals surface area contributed by atoms with E-state index in [9.17, 15) is 49.1 Å². The van der Waals surface area contributed by atoms with Gasteiger partial charge in [-0.2, -0.15) is 39.5 Å². The molecule has 0 aliphatic heterocycles. The highest BCUT2D eigenvalue weighted by Crippen LogP contribution is 2.41. The quantitative estimate of drug-likeness (QED) is 0.267. The Morgan fingerprint density at radius 1 is 0.947 bits per heavy atom. The Kier molecular flexibility index (Phi) is 7.73. The normalized spacial score (nSPS) is 12.4. The molecule has 3 aromatic rings. The molecule has 0 fully saturated rings. The van der Waals surface area contributed by atoms with Crippen LogP contribution in [-0.2, 0) is 23.3 Å². The number of aromatic nitrogens is 2. The first kappa shape index (κ1) is 28.8. The van der Waals surface area contributed by atoms with E-state index in [0.717, 1.165) is 24.3 Å². The van der Waals surface area contributed by atoms with E-state index in [2.05, 4.69) is 4.98 Å². The van der Waals surface area contributed by atoms with Gasteiger partial charge in [-0.05, 0) is 49.4 Å². The number of hydrogen-bond acceptors (Lipinski definition) is 5. The van der Waals surface area contributed by atoms with E-state index >= 15 is 0 Å². The van der Waals surface area contributed by atoms with Crippen molar-refractivity contribution in [3.05, 3.63) is 80.2 Å². The average Bonchev–Trinajstić information content (AvgIpc) is 2.80. The van der Waals surface area contributed by atoms with Gasteiger partial charge in [-0.15, -0.1) is 0 Å². The zero-order chi connectivity index (χ0) is 28.6. The zero-order valence-electron chi connectivity index (χ0n) is 18.6. The second kappa shape index (κ2) is 10.2. The highest BCUT2D eigenvalue weighted by Gasteiger charge is 2.40. The summed E-state index contributed by atoms with van der Waals surface area (Å²) in [4.78, 5) is 27.9. The number of carbonyl (C=O) groups excluding carboxylic acids is 1. The molecule has 0 spiro atoms. The molecule has 1 N–H and O–H groups in total. The van der Waals surface area contributed by atoms with E-state index in [1.807, 2.05) is 5.32 Å². The predicted octanol–water partition coefficient (Wildman–Crippen LogP) is 6.86. The van der Waals surface area contributed by atoms with Crippen molar-refractivity contribution >= 4 is 29.2 Å². The lowest BCUT2D eigenvalue weighted by atomic mass is 10.1. The van der Waals surface area contributed by atoms with Crippen LogP contribution in [0.1, 0.15) is 34.1 Å². The summed E-state index contributed by atoms with van der Waals surface area (Å²) >= 11 is 5.58. The molecule has 2 aromatic carbocycles. The number of nitrogens with zero attached hydrogens (tertiary/aromatic N) is 2. The molecule has 1 aromatic heterocycles. The first-order chi connectivity index (χ1) is 17.4. The van der Waals surface area contributed by atoms with Crippen molar-refractivity contribution in [2.75, 3.05) is 11.9 Å². The summed E-state index contributed by atoms with van der Waals surface area (Å²) in [5.41, 5.74) is -8.56. The summed E-state index contributed by atoms with van der Waals surface area (Å²) in [5.74, 6) is -1.94. The minimum absolute atomic E-state index is 0.0151. The van der Waals surface area contributed by atoms with Crippen molar-refractivity contribution in [3.63, 3.8) is 0 Å². The molecule has 6 nitrogen and oxygen atoms in total. The monoisotopic (exact) mass is 573 g/mol. The minimum Gasteiger partial charge on any atom is -0.462 e. The highest BCUT2D eigenvalue weighted by atomic mass is 35.5. The van der Waals surface area contributed by atoms with Gasteiger partial charge in [0.1, 0.15) is 5.02 Å². The number of halogens is 10. The van der Waals surface area contributed by atoms with Crippen LogP contribution in [0.25, 0.3) is 5.69 Å². The summed E-state index contributed by atoms with van der Waals surface area (Å²) in [7, 11) is 0. The van der Waals surface area contributed by atoms with Crippen LogP contribution in [-0.4, -0.2) is 22.1 Å². The van der Waals surface area contributed by atoms with Gasteiger partial charge in [-0.3, -0.25) is 4.79 Å². The van der Waals surface area contributed by atoms with Gasteiger partial charge in [0.05, 0.1) is 34.7 Å². The molecule has 0 saturated carbocycles. The number of rotatable bonds is 5. The summed E-state index contributed by atoms with van der Waals surface area (Å²) in [6.45, 7) is 1.54. The molecule has 204 valence electrons. The predicted molar refractivity (Wildman–Crippen MR) is 116 cm³/mol. The third kappa shape index (κ3) is 6.03. The van der Waals surface area contributed by atoms with Gasteiger partial charge < -0.3 is 10.1 Å². The standard InChI is InChI=1S/C22H13ClF9N3O3/c1-2-38-18(37)10-3-6-12(7-4-10)35-17(36)15(23)16(22(30,31)32)34-19(35)33-14-8-5-11(20(24,25)26)9-13(14)21(27,28)29/h3-9H,2H2,1H3,(H,33,34). The van der Waals surface area contributed by atoms with Gasteiger partial charge in [0, 0.05) is 0 Å². The van der Waals surface area contributed by atoms with Crippen LogP contribution in [0.5, 0.6) is 0 Å². The number of benzene rings is 2. The van der Waals surface area contributed by atoms with Gasteiger partial charge in [-0.25, -0.2) is 14.3 Å². The Balaban J connectivity index is 2.26. The van der Waals surface area contributed by atoms with E-state index in [-0.39, 0.29) is 30.0 Å². The summed E-state index contributed by atoms with van der Waals surface area (Å²) in [5, 5.41) is 0.448. The Morgan fingerprint density at radius 3 is 2.05 bits per heavy atom. The Labute approximate surface area is 211 Å². The second-order valence-electron chi connectivity index (χ2n) is 7.38. The van der Waals surface area contributed by atoms with E-state index in [4.69, 9.17) is 16.3 Å². The van der Waals surface area contributed by atoms with Gasteiger partial charge in [-0.1, -0.05) is 11.6 Å². The maximum atomic E-state index is 13.6. The number of hydrogen-bond donors (Lipinski definition) is 1. The van der Waals surface area contributed by atoms with Crippen molar-refractivity contribution < 1.29 is 49.0 Å². The van der Waals surface area contributed by atoms with E-state index in [1.165, 1.54) is 6.92 Å². The second-order valence-corrected chi connectivity index (χ2v) is 7.76. The van der Waals surface area contributed by atoms with Crippen LogP contribution in [0, 0.1) is 0 Å². The number of anilines is 2. The van der Waals surface area contributed by atoms with Gasteiger partial charge >= 0.3 is 24.5 Å². The van der Waals surface area contributed by atoms with Crippen LogP contribution < -0.4 is 10.9 Å². The van der Waals surface area contributed by atoms with E-state index < -0.39 is 63.5 Å². The maximum absolute atomic E-state index is 13.6. The Bertz CT molecular complexity index is 1410. The summed E-state index contributed by atoms with van der Waals surface area (Å²) in [6, 6.07) is 4.63. The van der Waals surface area contributed by atoms with Crippen LogP contribution in [0.2, 0.25) is 5.02 Å². The molecular weight excluding hydrogens is 561 g/mol. The number of carbonyl (C=O) groups is 1. The van der Waals surface area contributed by atoms with Crippen molar-refractivity contribution in [2.24, 2.45) is 0 Å². The summed E-state index contributed by atoms with van der Waals surface area (Å²) in [6.07, 6.45) is -15.9. The number of ether oxygens (including phenoxy) is 1. The van der Waals surface area contributed by atoms with Gasteiger partial charge in [0.25, 0.3) is 5.56 Å². The van der Waals surface area contributed by atoms with Crippen molar-refractivity contribution in [2.45, 2.75) is 25.5 Å². The molecule has 0 amide bonds. The fraction of sp³-hybridized carbons (Fsp3) is 0.227. The molecular formula is C22H13ClF9N3O3. The lowest BCUT2D eigenvalue weighted by molar-refractivity contribution is -0.143. The van der Waals surface area contributed by atoms with Gasteiger partial charge in [0.15, 0.2) is 5.69 Å². The molecule has 1 heterocycles. The number of alkyl halides is 9. The lowest BCUT2D eigenvalue weighted by Crippen LogP contribution is -2.28. The molecule has 38 heavy (non-hydrogen) atoms. The molecule has 0 radical (unpaired) electrons. The first-order valence-electron chi connectivity index (χ1n) is 10.2. The Morgan fingerprint density at radius 2 is 1.55 bits per heavy atom. The topological polar surface area (TPSA) is 73.2 Å². The van der Waals surface area contributed by atoms with E-state index in [1.54, 1.807) is 0 Å². The molecule has 0 bridgehead atoms. The SMILES string of the molecule is CCOC(=O)c1ccc(-n2c(Nc3ccc(C(F)(F)F)cc3C(F)(F)F)nc(C(F)(F)F)c(Cl)c2=O)cc1. The molecule has 0 atom stereocenters. The van der Waals surface area contributed by atoms with Crippen LogP contribution in [0.15, 0.2) is 47.3 Å². The highest BCUT2D eigenvalue weighted by molar-refractivity contribution is 6.31. The van der Waals surface area contributed by atoms with Gasteiger partial charge in [0.2, 0.25) is 5.95 Å². The van der Waals surface area contributed by atoms with Crippen LogP contribution >= 0.6 is 11.6 Å². The number of nitrogens with one attached hydrogen (secondary N) is 1. The van der Waals surface area contributed by atoms with Crippen molar-refractivity contribution in [1.29, 1.82) is 0 Å². The molecule has 0 saturated heterocycles. The number of esters is 1. The minimum atomic E-state index is -5.39. The molecule has 0 unspecified atom stereocenters. The van der Waals surface area contributed by atoms with Crippen LogP contribution in [0.3, 0.4) is 0 Å². The zero-order valence-corrected chi connectivity index (χ0v) is 19.4. The third-order valence-electron chi connectivity index (χ3n) is 4.83. The largest absolute Gasteiger partial charge is 0.462 e.